The summed E-state index contributed by atoms with van der Waals surface area (Å²) in [4.78, 5) is 22.7. The van der Waals surface area contributed by atoms with Crippen molar-refractivity contribution in [3.8, 4) is 5.69 Å². The molecule has 0 saturated carbocycles. The van der Waals surface area contributed by atoms with E-state index in [1.807, 2.05) is 0 Å². The Balaban J connectivity index is 1.82. The molecule has 3 rings (SSSR count). The van der Waals surface area contributed by atoms with Crippen molar-refractivity contribution in [1.29, 1.82) is 0 Å². The molecule has 3 aromatic rings. The highest BCUT2D eigenvalue weighted by Gasteiger charge is 2.14. The molecule has 0 aliphatic heterocycles. The fraction of sp³-hybridized carbons (Fsp3) is 0.0588. The number of carbonyl (C=O) groups excluding carboxylic acids is 1. The molecule has 1 N–H and O–H groups in total. The van der Waals surface area contributed by atoms with Crippen LogP contribution in [0.5, 0.6) is 0 Å². The Labute approximate surface area is 141 Å². The van der Waals surface area contributed by atoms with E-state index in [-0.39, 0.29) is 17.2 Å². The number of amides is 1. The van der Waals surface area contributed by atoms with Crippen molar-refractivity contribution in [2.75, 3.05) is 5.32 Å². The van der Waals surface area contributed by atoms with E-state index >= 15 is 0 Å². The fourth-order valence-electron chi connectivity index (χ4n) is 2.23. The van der Waals surface area contributed by atoms with Gasteiger partial charge in [0.2, 0.25) is 0 Å². The Morgan fingerprint density at radius 2 is 1.92 bits per heavy atom. The summed E-state index contributed by atoms with van der Waals surface area (Å²) >= 11 is 0. The van der Waals surface area contributed by atoms with Gasteiger partial charge in [0.1, 0.15) is 5.82 Å². The van der Waals surface area contributed by atoms with Crippen molar-refractivity contribution in [1.82, 2.24) is 9.78 Å². The summed E-state index contributed by atoms with van der Waals surface area (Å²) < 4.78 is 14.4. The number of aromatic nitrogens is 2. The van der Waals surface area contributed by atoms with E-state index in [0.717, 1.165) is 0 Å². The molecule has 2 aromatic carbocycles. The minimum atomic E-state index is -0.529. The van der Waals surface area contributed by atoms with Gasteiger partial charge in [0, 0.05) is 18.3 Å². The third-order valence-electron chi connectivity index (χ3n) is 3.59. The van der Waals surface area contributed by atoms with Crippen LogP contribution in [0.2, 0.25) is 0 Å². The number of nitrogens with one attached hydrogen (secondary N) is 1. The minimum absolute atomic E-state index is 0.113. The zero-order valence-corrected chi connectivity index (χ0v) is 13.1. The number of carbonyl (C=O) groups is 1. The topological polar surface area (TPSA) is 90.1 Å². The summed E-state index contributed by atoms with van der Waals surface area (Å²) in [6, 6.07) is 11.4. The van der Waals surface area contributed by atoms with E-state index in [1.54, 1.807) is 19.2 Å². The Morgan fingerprint density at radius 3 is 2.60 bits per heavy atom. The van der Waals surface area contributed by atoms with Gasteiger partial charge in [-0.2, -0.15) is 5.10 Å². The molecule has 1 amide bonds. The smallest absolute Gasteiger partial charge is 0.276 e. The third kappa shape index (κ3) is 3.52. The Hall–Kier alpha value is -3.55. The van der Waals surface area contributed by atoms with Crippen molar-refractivity contribution >= 4 is 17.3 Å². The van der Waals surface area contributed by atoms with E-state index in [1.165, 1.54) is 47.1 Å². The molecule has 0 bridgehead atoms. The van der Waals surface area contributed by atoms with Crippen LogP contribution in [0.4, 0.5) is 15.8 Å². The van der Waals surface area contributed by atoms with E-state index in [4.69, 9.17) is 0 Å². The number of anilines is 1. The highest BCUT2D eigenvalue weighted by molar-refractivity contribution is 6.03. The van der Waals surface area contributed by atoms with Crippen LogP contribution in [-0.2, 0) is 0 Å². The predicted molar refractivity (Wildman–Crippen MR) is 89.3 cm³/mol. The van der Waals surface area contributed by atoms with Crippen LogP contribution < -0.4 is 5.32 Å². The molecule has 7 nitrogen and oxygen atoms in total. The first-order valence-corrected chi connectivity index (χ1v) is 7.32. The third-order valence-corrected chi connectivity index (χ3v) is 3.59. The van der Waals surface area contributed by atoms with Gasteiger partial charge in [0.15, 0.2) is 5.69 Å². The molecule has 0 spiro atoms. The molecule has 25 heavy (non-hydrogen) atoms. The van der Waals surface area contributed by atoms with Crippen molar-refractivity contribution in [2.45, 2.75) is 6.92 Å². The summed E-state index contributed by atoms with van der Waals surface area (Å²) in [6.07, 6.45) is 1.57. The van der Waals surface area contributed by atoms with E-state index < -0.39 is 10.8 Å². The van der Waals surface area contributed by atoms with Gasteiger partial charge in [-0.3, -0.25) is 14.9 Å². The van der Waals surface area contributed by atoms with Gasteiger partial charge in [-0.25, -0.2) is 9.07 Å². The number of benzene rings is 2. The second-order valence-corrected chi connectivity index (χ2v) is 5.33. The molecule has 1 aromatic heterocycles. The lowest BCUT2D eigenvalue weighted by Gasteiger charge is -2.07. The summed E-state index contributed by atoms with van der Waals surface area (Å²) in [5.74, 6) is -0.862. The SMILES string of the molecule is Cc1ccc([N+](=O)[O-])cc1NC(=O)c1ccn(-c2ccc(F)cc2)n1. The number of halogens is 1. The number of nitro groups is 1. The lowest BCUT2D eigenvalue weighted by molar-refractivity contribution is -0.384. The maximum atomic E-state index is 13.0. The molecule has 0 aliphatic carbocycles. The van der Waals surface area contributed by atoms with E-state index in [0.29, 0.717) is 16.9 Å². The summed E-state index contributed by atoms with van der Waals surface area (Å²) in [5.41, 5.74) is 1.66. The summed E-state index contributed by atoms with van der Waals surface area (Å²) in [6.45, 7) is 1.73. The van der Waals surface area contributed by atoms with Crippen LogP contribution in [-0.4, -0.2) is 20.6 Å². The second kappa shape index (κ2) is 6.52. The van der Waals surface area contributed by atoms with Crippen molar-refractivity contribution < 1.29 is 14.1 Å². The lowest BCUT2D eigenvalue weighted by Crippen LogP contribution is -2.14. The zero-order valence-electron chi connectivity index (χ0n) is 13.1. The number of aryl methyl sites for hydroxylation is 1. The fourth-order valence-corrected chi connectivity index (χ4v) is 2.23. The van der Waals surface area contributed by atoms with Gasteiger partial charge in [-0.1, -0.05) is 6.07 Å². The van der Waals surface area contributed by atoms with Crippen LogP contribution in [0.25, 0.3) is 5.69 Å². The lowest BCUT2D eigenvalue weighted by atomic mass is 10.2. The Morgan fingerprint density at radius 1 is 1.20 bits per heavy atom. The van der Waals surface area contributed by atoms with Crippen LogP contribution in [0, 0.1) is 22.9 Å². The average Bonchev–Trinajstić information content (AvgIpc) is 3.07. The summed E-state index contributed by atoms with van der Waals surface area (Å²) in [7, 11) is 0. The Kier molecular flexibility index (Phi) is 4.25. The maximum absolute atomic E-state index is 13.0. The number of hydrogen-bond acceptors (Lipinski definition) is 4. The predicted octanol–water partition coefficient (Wildman–Crippen LogP) is 3.48. The van der Waals surface area contributed by atoms with Gasteiger partial charge >= 0.3 is 0 Å². The normalized spacial score (nSPS) is 10.5. The van der Waals surface area contributed by atoms with Gasteiger partial charge in [-0.05, 0) is 42.8 Å². The monoisotopic (exact) mass is 340 g/mol. The van der Waals surface area contributed by atoms with Gasteiger partial charge in [0.05, 0.1) is 16.3 Å². The quantitative estimate of drug-likeness (QED) is 0.581. The van der Waals surface area contributed by atoms with Crippen molar-refractivity contribution in [2.24, 2.45) is 0 Å². The molecular formula is C17H13FN4O3. The number of nitrogens with zero attached hydrogens (tertiary/aromatic N) is 3. The average molecular weight is 340 g/mol. The standard InChI is InChI=1S/C17H13FN4O3/c1-11-2-5-14(22(24)25)10-16(11)19-17(23)15-8-9-21(20-15)13-6-3-12(18)4-7-13/h2-10H,1H3,(H,19,23). The number of nitro benzene ring substituents is 1. The highest BCUT2D eigenvalue weighted by atomic mass is 19.1. The maximum Gasteiger partial charge on any atom is 0.276 e. The molecule has 0 saturated heterocycles. The molecule has 1 heterocycles. The largest absolute Gasteiger partial charge is 0.320 e. The molecule has 8 heteroatoms. The van der Waals surface area contributed by atoms with Crippen LogP contribution in [0.1, 0.15) is 16.1 Å². The zero-order chi connectivity index (χ0) is 18.0. The molecule has 0 unspecified atom stereocenters. The number of non-ortho nitro benzene ring substituents is 1. The van der Waals surface area contributed by atoms with Crippen molar-refractivity contribution in [3.05, 3.63) is 81.9 Å². The molecule has 0 atom stereocenters. The van der Waals surface area contributed by atoms with Crippen molar-refractivity contribution in [3.63, 3.8) is 0 Å². The first kappa shape index (κ1) is 16.3. The first-order chi connectivity index (χ1) is 11.9. The molecular weight excluding hydrogens is 327 g/mol. The second-order valence-electron chi connectivity index (χ2n) is 5.33. The number of hydrogen-bond donors (Lipinski definition) is 1. The molecule has 0 aliphatic rings. The summed E-state index contributed by atoms with van der Waals surface area (Å²) in [5, 5.41) is 17.6. The minimum Gasteiger partial charge on any atom is -0.320 e. The van der Waals surface area contributed by atoms with E-state index in [2.05, 4.69) is 10.4 Å². The van der Waals surface area contributed by atoms with Crippen LogP contribution in [0.15, 0.2) is 54.7 Å². The Bertz CT molecular complexity index is 951. The van der Waals surface area contributed by atoms with Crippen LogP contribution in [0.3, 0.4) is 0 Å². The number of rotatable bonds is 4. The van der Waals surface area contributed by atoms with Gasteiger partial charge in [-0.15, -0.1) is 0 Å². The first-order valence-electron chi connectivity index (χ1n) is 7.32. The van der Waals surface area contributed by atoms with Crippen LogP contribution >= 0.6 is 0 Å². The van der Waals surface area contributed by atoms with E-state index in [9.17, 15) is 19.3 Å². The molecule has 0 fully saturated rings. The van der Waals surface area contributed by atoms with Gasteiger partial charge in [0.25, 0.3) is 11.6 Å². The van der Waals surface area contributed by atoms with Gasteiger partial charge < -0.3 is 5.32 Å². The highest BCUT2D eigenvalue weighted by Crippen LogP contribution is 2.22. The molecule has 126 valence electrons. The molecule has 0 radical (unpaired) electrons.